The zero-order chi connectivity index (χ0) is 17.1. The summed E-state index contributed by atoms with van der Waals surface area (Å²) in [7, 11) is 1.78. The number of anilines is 1. The Hall–Kier alpha value is -2.22. The third-order valence-corrected chi connectivity index (χ3v) is 4.05. The van der Waals surface area contributed by atoms with Gasteiger partial charge in [-0.1, -0.05) is 0 Å². The van der Waals surface area contributed by atoms with Crippen molar-refractivity contribution < 1.29 is 14.0 Å². The number of rotatable bonds is 4. The lowest BCUT2D eigenvalue weighted by Crippen LogP contribution is -2.33. The average Bonchev–Trinajstić information content (AvgIpc) is 2.73. The van der Waals surface area contributed by atoms with Crippen molar-refractivity contribution in [1.29, 1.82) is 0 Å². The topological polar surface area (TPSA) is 76.0 Å². The molecule has 0 aliphatic rings. The Balaban J connectivity index is 1.99. The van der Waals surface area contributed by atoms with Gasteiger partial charge in [0, 0.05) is 11.5 Å². The number of nitrogens with zero attached hydrogens (tertiary/aromatic N) is 2. The maximum absolute atomic E-state index is 13.2. The van der Waals surface area contributed by atoms with Gasteiger partial charge in [-0.25, -0.2) is 4.39 Å². The largest absolute Gasteiger partial charge is 0.343 e. The highest BCUT2D eigenvalue weighted by molar-refractivity contribution is 9.10. The maximum Gasteiger partial charge on any atom is 0.252 e. The standard InChI is InChI=1S/C15H16BrFN4O2/c1-8-14(9(2)21(3)20-8)19-13(22)7-18-15(23)11-6-10(17)4-5-12(11)16/h4-6H,7H2,1-3H3,(H,18,23)(H,19,22). The summed E-state index contributed by atoms with van der Waals surface area (Å²) < 4.78 is 15.3. The zero-order valence-electron chi connectivity index (χ0n) is 12.9. The molecule has 0 atom stereocenters. The molecule has 0 aliphatic carbocycles. The van der Waals surface area contributed by atoms with Crippen LogP contribution in [0.25, 0.3) is 0 Å². The molecule has 0 saturated heterocycles. The number of carbonyl (C=O) groups excluding carboxylic acids is 2. The van der Waals surface area contributed by atoms with Crippen molar-refractivity contribution >= 4 is 33.4 Å². The van der Waals surface area contributed by atoms with Crippen molar-refractivity contribution in [3.8, 4) is 0 Å². The van der Waals surface area contributed by atoms with Gasteiger partial charge in [-0.3, -0.25) is 14.3 Å². The molecular formula is C15H16BrFN4O2. The smallest absolute Gasteiger partial charge is 0.252 e. The van der Waals surface area contributed by atoms with Crippen LogP contribution in [0.5, 0.6) is 0 Å². The first kappa shape index (κ1) is 17.1. The van der Waals surface area contributed by atoms with Crippen LogP contribution >= 0.6 is 15.9 Å². The molecule has 6 nitrogen and oxygen atoms in total. The fraction of sp³-hybridized carbons (Fsp3) is 0.267. The number of hydrogen-bond acceptors (Lipinski definition) is 3. The molecule has 1 aromatic heterocycles. The molecule has 0 spiro atoms. The summed E-state index contributed by atoms with van der Waals surface area (Å²) in [5, 5.41) is 9.36. The third-order valence-electron chi connectivity index (χ3n) is 3.36. The molecule has 0 radical (unpaired) electrons. The molecule has 2 aromatic rings. The van der Waals surface area contributed by atoms with Crippen LogP contribution in [0.3, 0.4) is 0 Å². The van der Waals surface area contributed by atoms with Crippen LogP contribution in [0.4, 0.5) is 10.1 Å². The SMILES string of the molecule is Cc1nn(C)c(C)c1NC(=O)CNC(=O)c1cc(F)ccc1Br. The highest BCUT2D eigenvalue weighted by Gasteiger charge is 2.15. The Morgan fingerprint density at radius 1 is 1.35 bits per heavy atom. The summed E-state index contributed by atoms with van der Waals surface area (Å²) in [6, 6.07) is 3.78. The lowest BCUT2D eigenvalue weighted by molar-refractivity contribution is -0.115. The molecule has 2 rings (SSSR count). The van der Waals surface area contributed by atoms with E-state index < -0.39 is 11.7 Å². The van der Waals surface area contributed by atoms with Gasteiger partial charge in [-0.05, 0) is 48.0 Å². The molecule has 1 aromatic carbocycles. The lowest BCUT2D eigenvalue weighted by Gasteiger charge is -2.08. The Morgan fingerprint density at radius 3 is 2.65 bits per heavy atom. The van der Waals surface area contributed by atoms with Gasteiger partial charge in [0.05, 0.1) is 29.2 Å². The number of carbonyl (C=O) groups is 2. The van der Waals surface area contributed by atoms with E-state index in [0.29, 0.717) is 15.9 Å². The molecule has 0 fully saturated rings. The van der Waals surface area contributed by atoms with E-state index in [0.717, 1.165) is 11.8 Å². The van der Waals surface area contributed by atoms with E-state index in [1.165, 1.54) is 12.1 Å². The fourth-order valence-electron chi connectivity index (χ4n) is 2.07. The fourth-order valence-corrected chi connectivity index (χ4v) is 2.49. The van der Waals surface area contributed by atoms with Crippen LogP contribution in [0, 0.1) is 19.7 Å². The van der Waals surface area contributed by atoms with E-state index in [2.05, 4.69) is 31.7 Å². The quantitative estimate of drug-likeness (QED) is 0.851. The summed E-state index contributed by atoms with van der Waals surface area (Å²) in [6.07, 6.45) is 0. The second-order valence-electron chi connectivity index (χ2n) is 5.02. The monoisotopic (exact) mass is 382 g/mol. The number of benzene rings is 1. The number of nitrogens with one attached hydrogen (secondary N) is 2. The van der Waals surface area contributed by atoms with Gasteiger partial charge in [0.2, 0.25) is 5.91 Å². The minimum atomic E-state index is -0.536. The molecule has 0 bridgehead atoms. The second-order valence-corrected chi connectivity index (χ2v) is 5.88. The Morgan fingerprint density at radius 2 is 2.04 bits per heavy atom. The first-order valence-corrected chi connectivity index (χ1v) is 7.62. The van der Waals surface area contributed by atoms with Gasteiger partial charge < -0.3 is 10.6 Å². The maximum atomic E-state index is 13.2. The van der Waals surface area contributed by atoms with Crippen LogP contribution in [-0.2, 0) is 11.8 Å². The number of amides is 2. The van der Waals surface area contributed by atoms with E-state index >= 15 is 0 Å². The summed E-state index contributed by atoms with van der Waals surface area (Å²) in [5.74, 6) is -1.44. The van der Waals surface area contributed by atoms with Gasteiger partial charge >= 0.3 is 0 Å². The van der Waals surface area contributed by atoms with Crippen LogP contribution < -0.4 is 10.6 Å². The van der Waals surface area contributed by atoms with Crippen LogP contribution in [0.1, 0.15) is 21.7 Å². The molecule has 2 amide bonds. The molecule has 0 unspecified atom stereocenters. The van der Waals surface area contributed by atoms with Crippen LogP contribution in [-0.4, -0.2) is 28.1 Å². The van der Waals surface area contributed by atoms with Crippen LogP contribution in [0.2, 0.25) is 0 Å². The molecule has 122 valence electrons. The predicted octanol–water partition coefficient (Wildman–Crippen LogP) is 2.31. The summed E-state index contributed by atoms with van der Waals surface area (Å²) in [5.41, 5.74) is 2.26. The van der Waals surface area contributed by atoms with Gasteiger partial charge in [-0.2, -0.15) is 5.10 Å². The van der Waals surface area contributed by atoms with Crippen molar-refractivity contribution in [2.45, 2.75) is 13.8 Å². The van der Waals surface area contributed by atoms with E-state index in [1.54, 1.807) is 18.7 Å². The predicted molar refractivity (Wildman–Crippen MR) is 87.7 cm³/mol. The molecule has 8 heteroatoms. The molecule has 2 N–H and O–H groups in total. The number of halogens is 2. The van der Waals surface area contributed by atoms with Crippen molar-refractivity contribution in [2.75, 3.05) is 11.9 Å². The summed E-state index contributed by atoms with van der Waals surface area (Å²) >= 11 is 3.17. The zero-order valence-corrected chi connectivity index (χ0v) is 14.5. The summed E-state index contributed by atoms with van der Waals surface area (Å²) in [4.78, 5) is 24.0. The van der Waals surface area contributed by atoms with Crippen molar-refractivity contribution in [3.63, 3.8) is 0 Å². The molecular weight excluding hydrogens is 367 g/mol. The number of hydrogen-bond donors (Lipinski definition) is 2. The first-order chi connectivity index (χ1) is 10.8. The minimum absolute atomic E-state index is 0.131. The van der Waals surface area contributed by atoms with Crippen molar-refractivity contribution in [2.24, 2.45) is 7.05 Å². The molecule has 1 heterocycles. The highest BCUT2D eigenvalue weighted by atomic mass is 79.9. The second kappa shape index (κ2) is 6.91. The van der Waals surface area contributed by atoms with Gasteiger partial charge in [0.15, 0.2) is 0 Å². The van der Waals surface area contributed by atoms with Crippen LogP contribution in [0.15, 0.2) is 22.7 Å². The Kier molecular flexibility index (Phi) is 5.15. The number of aryl methyl sites for hydroxylation is 2. The van der Waals surface area contributed by atoms with Crippen molar-refractivity contribution in [1.82, 2.24) is 15.1 Å². The number of aromatic nitrogens is 2. The molecule has 0 saturated carbocycles. The molecule has 0 aliphatic heterocycles. The van der Waals surface area contributed by atoms with Gasteiger partial charge in [0.1, 0.15) is 5.82 Å². The lowest BCUT2D eigenvalue weighted by atomic mass is 10.2. The van der Waals surface area contributed by atoms with Crippen molar-refractivity contribution in [3.05, 3.63) is 45.4 Å². The van der Waals surface area contributed by atoms with Gasteiger partial charge in [0.25, 0.3) is 5.91 Å². The normalized spacial score (nSPS) is 10.5. The Bertz CT molecular complexity index is 773. The van der Waals surface area contributed by atoms with E-state index in [-0.39, 0.29) is 18.0 Å². The van der Waals surface area contributed by atoms with Gasteiger partial charge in [-0.15, -0.1) is 0 Å². The summed E-state index contributed by atoms with van der Waals surface area (Å²) in [6.45, 7) is 3.39. The average molecular weight is 383 g/mol. The minimum Gasteiger partial charge on any atom is -0.343 e. The Labute approximate surface area is 141 Å². The van der Waals surface area contributed by atoms with E-state index in [1.807, 2.05) is 6.92 Å². The van der Waals surface area contributed by atoms with E-state index in [9.17, 15) is 14.0 Å². The third kappa shape index (κ3) is 3.95. The van der Waals surface area contributed by atoms with E-state index in [4.69, 9.17) is 0 Å². The first-order valence-electron chi connectivity index (χ1n) is 6.83. The molecule has 23 heavy (non-hydrogen) atoms. The highest BCUT2D eigenvalue weighted by Crippen LogP contribution is 2.19.